The van der Waals surface area contributed by atoms with E-state index >= 15 is 0 Å². The summed E-state index contributed by atoms with van der Waals surface area (Å²) in [5, 5.41) is 6.93. The fourth-order valence-corrected chi connectivity index (χ4v) is 4.38. The number of nitrogens with zero attached hydrogens (tertiary/aromatic N) is 3. The Kier molecular flexibility index (Phi) is 6.67. The molecule has 7 nitrogen and oxygen atoms in total. The predicted molar refractivity (Wildman–Crippen MR) is 118 cm³/mol. The number of piperidine rings is 1. The third-order valence-corrected chi connectivity index (χ3v) is 6.22. The van der Waals surface area contributed by atoms with Gasteiger partial charge >= 0.3 is 0 Å². The molecule has 0 spiro atoms. The number of nitrogens with one attached hydrogen (secondary N) is 2. The van der Waals surface area contributed by atoms with E-state index < -0.39 is 0 Å². The fourth-order valence-electron chi connectivity index (χ4n) is 4.38. The van der Waals surface area contributed by atoms with Crippen LogP contribution in [0.15, 0.2) is 29.3 Å². The highest BCUT2D eigenvalue weighted by molar-refractivity contribution is 6.21. The maximum absolute atomic E-state index is 12.4. The number of likely N-dealkylation sites (tertiary alicyclic amines) is 1. The van der Waals surface area contributed by atoms with Crippen LogP contribution >= 0.6 is 0 Å². The monoisotopic (exact) mass is 411 g/mol. The summed E-state index contributed by atoms with van der Waals surface area (Å²) in [6, 6.07) is 8.39. The lowest BCUT2D eigenvalue weighted by molar-refractivity contribution is 0.0652. The molecule has 1 aliphatic carbocycles. The van der Waals surface area contributed by atoms with E-state index in [-0.39, 0.29) is 11.8 Å². The Labute approximate surface area is 178 Å². The SMILES string of the molecule is CCNC(=NCCCCN1C(=O)c2ccccc2C1=O)NC1CCN(C2CC2)CC1. The van der Waals surface area contributed by atoms with E-state index in [1.165, 1.54) is 43.7 Å². The Balaban J connectivity index is 1.20. The number of guanidine groups is 1. The predicted octanol–water partition coefficient (Wildman–Crippen LogP) is 2.24. The Morgan fingerprint density at radius 2 is 1.70 bits per heavy atom. The second kappa shape index (κ2) is 9.60. The lowest BCUT2D eigenvalue weighted by Crippen LogP contribution is -2.49. The second-order valence-corrected chi connectivity index (χ2v) is 8.46. The van der Waals surface area contributed by atoms with E-state index in [9.17, 15) is 9.59 Å². The summed E-state index contributed by atoms with van der Waals surface area (Å²) in [7, 11) is 0. The van der Waals surface area contributed by atoms with Gasteiger partial charge in [0.25, 0.3) is 11.8 Å². The van der Waals surface area contributed by atoms with Crippen LogP contribution in [-0.2, 0) is 0 Å². The van der Waals surface area contributed by atoms with Crippen LogP contribution in [0.3, 0.4) is 0 Å². The van der Waals surface area contributed by atoms with Crippen LogP contribution in [0.4, 0.5) is 0 Å². The fraction of sp³-hybridized carbons (Fsp3) is 0.609. The first kappa shape index (κ1) is 20.8. The van der Waals surface area contributed by atoms with Crippen LogP contribution in [0.2, 0.25) is 0 Å². The molecule has 0 radical (unpaired) electrons. The third-order valence-electron chi connectivity index (χ3n) is 6.22. The molecule has 1 aromatic rings. The first-order chi connectivity index (χ1) is 14.7. The average molecular weight is 412 g/mol. The zero-order chi connectivity index (χ0) is 20.9. The average Bonchev–Trinajstić information content (AvgIpc) is 3.58. The van der Waals surface area contributed by atoms with E-state index in [1.54, 1.807) is 24.3 Å². The van der Waals surface area contributed by atoms with Crippen LogP contribution in [0.5, 0.6) is 0 Å². The van der Waals surface area contributed by atoms with Crippen molar-refractivity contribution in [1.29, 1.82) is 0 Å². The summed E-state index contributed by atoms with van der Waals surface area (Å²) < 4.78 is 0. The van der Waals surface area contributed by atoms with Crippen LogP contribution in [0, 0.1) is 0 Å². The smallest absolute Gasteiger partial charge is 0.261 e. The number of hydrogen-bond donors (Lipinski definition) is 2. The Morgan fingerprint density at radius 3 is 2.30 bits per heavy atom. The minimum atomic E-state index is -0.174. The molecule has 0 aromatic heterocycles. The van der Waals surface area contributed by atoms with Crippen LogP contribution in [0.25, 0.3) is 0 Å². The van der Waals surface area contributed by atoms with Crippen molar-refractivity contribution in [2.45, 2.75) is 57.5 Å². The number of fused-ring (bicyclic) bond motifs is 1. The molecule has 2 heterocycles. The maximum atomic E-state index is 12.4. The van der Waals surface area contributed by atoms with Crippen LogP contribution < -0.4 is 10.6 Å². The normalized spacial score (nSPS) is 20.6. The molecular weight excluding hydrogens is 378 g/mol. The molecule has 0 bridgehead atoms. The Bertz CT molecular complexity index is 762. The molecule has 0 unspecified atom stereocenters. The minimum Gasteiger partial charge on any atom is -0.357 e. The molecule has 1 saturated carbocycles. The van der Waals surface area contributed by atoms with Crippen molar-refractivity contribution in [3.63, 3.8) is 0 Å². The Hall–Kier alpha value is -2.41. The van der Waals surface area contributed by atoms with Gasteiger partial charge in [-0.1, -0.05) is 12.1 Å². The highest BCUT2D eigenvalue weighted by atomic mass is 16.2. The molecule has 3 aliphatic rings. The lowest BCUT2D eigenvalue weighted by atomic mass is 10.1. The number of benzene rings is 1. The van der Waals surface area contributed by atoms with Crippen molar-refractivity contribution in [3.8, 4) is 0 Å². The van der Waals surface area contributed by atoms with Crippen LogP contribution in [-0.4, -0.2) is 72.4 Å². The maximum Gasteiger partial charge on any atom is 0.261 e. The first-order valence-corrected chi connectivity index (χ1v) is 11.4. The molecule has 2 amide bonds. The molecule has 162 valence electrons. The highest BCUT2D eigenvalue weighted by Crippen LogP contribution is 2.29. The summed E-state index contributed by atoms with van der Waals surface area (Å²) in [5.41, 5.74) is 1.04. The van der Waals surface area contributed by atoms with Crippen molar-refractivity contribution in [2.75, 3.05) is 32.7 Å². The van der Waals surface area contributed by atoms with E-state index in [4.69, 9.17) is 4.99 Å². The molecule has 2 aliphatic heterocycles. The van der Waals surface area contributed by atoms with Crippen molar-refractivity contribution in [3.05, 3.63) is 35.4 Å². The third kappa shape index (κ3) is 4.83. The standard InChI is InChI=1S/C23H33N5O2/c1-2-24-23(26-17-11-15-27(16-12-17)18-9-10-18)25-13-5-6-14-28-21(29)19-7-3-4-8-20(19)22(28)30/h3-4,7-8,17-18H,2,5-6,9-16H2,1H3,(H2,24,25,26). The summed E-state index contributed by atoms with van der Waals surface area (Å²) >= 11 is 0. The van der Waals surface area contributed by atoms with Gasteiger partial charge in [0.2, 0.25) is 0 Å². The Morgan fingerprint density at radius 1 is 1.03 bits per heavy atom. The topological polar surface area (TPSA) is 77.0 Å². The summed E-state index contributed by atoms with van der Waals surface area (Å²) in [6.45, 7) is 6.41. The van der Waals surface area contributed by atoms with E-state index in [0.717, 1.165) is 31.4 Å². The number of hydrogen-bond acceptors (Lipinski definition) is 4. The first-order valence-electron chi connectivity index (χ1n) is 11.4. The van der Waals surface area contributed by atoms with Gasteiger partial charge < -0.3 is 15.5 Å². The van der Waals surface area contributed by atoms with Crippen molar-refractivity contribution < 1.29 is 9.59 Å². The van der Waals surface area contributed by atoms with Gasteiger partial charge in [-0.15, -0.1) is 0 Å². The van der Waals surface area contributed by atoms with E-state index in [0.29, 0.717) is 30.3 Å². The quantitative estimate of drug-likeness (QED) is 0.297. The van der Waals surface area contributed by atoms with Gasteiger partial charge in [-0.2, -0.15) is 0 Å². The molecule has 4 rings (SSSR count). The van der Waals surface area contributed by atoms with Gasteiger partial charge in [0.15, 0.2) is 5.96 Å². The summed E-state index contributed by atoms with van der Waals surface area (Å²) in [6.07, 6.45) is 6.69. The number of imide groups is 1. The number of amides is 2. The largest absolute Gasteiger partial charge is 0.357 e. The molecule has 0 atom stereocenters. The summed E-state index contributed by atoms with van der Waals surface area (Å²) in [5.74, 6) is 0.529. The van der Waals surface area contributed by atoms with Crippen molar-refractivity contribution in [1.82, 2.24) is 20.4 Å². The van der Waals surface area contributed by atoms with Crippen molar-refractivity contribution in [2.24, 2.45) is 4.99 Å². The van der Waals surface area contributed by atoms with E-state index in [1.807, 2.05) is 0 Å². The molecule has 7 heteroatoms. The molecule has 2 fully saturated rings. The van der Waals surface area contributed by atoms with Gasteiger partial charge in [0.05, 0.1) is 11.1 Å². The van der Waals surface area contributed by atoms with Gasteiger partial charge in [-0.3, -0.25) is 19.5 Å². The second-order valence-electron chi connectivity index (χ2n) is 8.46. The van der Waals surface area contributed by atoms with Gasteiger partial charge in [-0.05, 0) is 57.6 Å². The number of carbonyl (C=O) groups excluding carboxylic acids is 2. The van der Waals surface area contributed by atoms with E-state index in [2.05, 4.69) is 22.5 Å². The highest BCUT2D eigenvalue weighted by Gasteiger charge is 2.34. The van der Waals surface area contributed by atoms with Gasteiger partial charge in [0, 0.05) is 44.8 Å². The van der Waals surface area contributed by atoms with Crippen LogP contribution in [0.1, 0.15) is 66.2 Å². The molecule has 1 aromatic carbocycles. The number of rotatable bonds is 8. The summed E-state index contributed by atoms with van der Waals surface area (Å²) in [4.78, 5) is 33.5. The number of aliphatic imine (C=N–C) groups is 1. The number of carbonyl (C=O) groups is 2. The van der Waals surface area contributed by atoms with Gasteiger partial charge in [0.1, 0.15) is 0 Å². The molecular formula is C23H33N5O2. The minimum absolute atomic E-state index is 0.174. The number of unbranched alkanes of at least 4 members (excludes halogenated alkanes) is 1. The molecule has 30 heavy (non-hydrogen) atoms. The lowest BCUT2D eigenvalue weighted by Gasteiger charge is -2.33. The molecule has 1 saturated heterocycles. The van der Waals surface area contributed by atoms with Crippen molar-refractivity contribution >= 4 is 17.8 Å². The zero-order valence-corrected chi connectivity index (χ0v) is 17.9. The van der Waals surface area contributed by atoms with Gasteiger partial charge in [-0.25, -0.2) is 0 Å². The zero-order valence-electron chi connectivity index (χ0n) is 17.9. The molecule has 2 N–H and O–H groups in total.